The summed E-state index contributed by atoms with van der Waals surface area (Å²) in [6.45, 7) is 0.552. The third kappa shape index (κ3) is 3.18. The first-order valence-electron chi connectivity index (χ1n) is 6.13. The van der Waals surface area contributed by atoms with Gasteiger partial charge in [-0.3, -0.25) is 4.79 Å². The number of hydrogen-bond donors (Lipinski definition) is 1. The average Bonchev–Trinajstić information content (AvgIpc) is 2.47. The molecule has 0 unspecified atom stereocenters. The first kappa shape index (κ1) is 13.7. The molecule has 19 heavy (non-hydrogen) atoms. The highest BCUT2D eigenvalue weighted by atomic mass is 35.5. The minimum atomic E-state index is -0.152. The van der Waals surface area contributed by atoms with Crippen LogP contribution in [0.4, 0.5) is 0 Å². The van der Waals surface area contributed by atoms with E-state index < -0.39 is 0 Å². The topological polar surface area (TPSA) is 38.3 Å². The molecule has 2 rings (SSSR count). The van der Waals surface area contributed by atoms with Gasteiger partial charge in [-0.05, 0) is 23.3 Å². The minimum Gasteiger partial charge on any atom is -0.496 e. The number of nitrogens with one attached hydrogen (secondary N) is 1. The van der Waals surface area contributed by atoms with Crippen LogP contribution in [0.2, 0.25) is 0 Å². The molecule has 0 aliphatic carbocycles. The molecule has 1 N–H and O–H groups in total. The van der Waals surface area contributed by atoms with E-state index in [1.807, 2.05) is 24.3 Å². The lowest BCUT2D eigenvalue weighted by Gasteiger charge is -2.12. The first-order chi connectivity index (χ1) is 9.26. The Morgan fingerprint density at radius 1 is 1.26 bits per heavy atom. The molecule has 0 aliphatic heterocycles. The number of ether oxygens (including phenoxy) is 1. The van der Waals surface area contributed by atoms with Gasteiger partial charge in [-0.25, -0.2) is 0 Å². The Balaban J connectivity index is 2.26. The lowest BCUT2D eigenvalue weighted by molar-refractivity contribution is -0.118. The van der Waals surface area contributed by atoms with Crippen molar-refractivity contribution in [2.75, 3.05) is 19.5 Å². The van der Waals surface area contributed by atoms with E-state index in [0.717, 1.165) is 16.7 Å². The second kappa shape index (κ2) is 6.43. The summed E-state index contributed by atoms with van der Waals surface area (Å²) < 4.78 is 5.40. The maximum atomic E-state index is 11.1. The molecule has 4 heteroatoms. The second-order valence-corrected chi connectivity index (χ2v) is 4.47. The predicted octanol–water partition coefficient (Wildman–Crippen LogP) is 2.75. The summed E-state index contributed by atoms with van der Waals surface area (Å²) in [4.78, 5) is 11.1. The Bertz CT molecular complexity index is 583. The normalized spacial score (nSPS) is 10.4. The maximum absolute atomic E-state index is 11.1. The van der Waals surface area contributed by atoms with Gasteiger partial charge in [0.05, 0.1) is 7.11 Å². The van der Waals surface area contributed by atoms with Crippen molar-refractivity contribution in [1.82, 2.24) is 5.32 Å². The number of methoxy groups -OCH3 is 1. The summed E-state index contributed by atoms with van der Waals surface area (Å²) in [6, 6.07) is 12.1. The average molecular weight is 278 g/mol. The van der Waals surface area contributed by atoms with Crippen LogP contribution in [0.25, 0.3) is 10.8 Å². The van der Waals surface area contributed by atoms with Crippen molar-refractivity contribution in [3.8, 4) is 5.75 Å². The van der Waals surface area contributed by atoms with Crippen molar-refractivity contribution >= 4 is 28.3 Å². The number of hydrogen-bond acceptors (Lipinski definition) is 2. The summed E-state index contributed by atoms with van der Waals surface area (Å²) in [5.41, 5.74) is 1.11. The number of amides is 1. The smallest absolute Gasteiger partial charge is 0.234 e. The van der Waals surface area contributed by atoms with E-state index in [0.29, 0.717) is 13.0 Å². The van der Waals surface area contributed by atoms with E-state index in [1.165, 1.54) is 5.39 Å². The van der Waals surface area contributed by atoms with Crippen LogP contribution in [0.5, 0.6) is 5.75 Å². The molecule has 0 atom stereocenters. The van der Waals surface area contributed by atoms with Gasteiger partial charge >= 0.3 is 0 Å². The van der Waals surface area contributed by atoms with Crippen molar-refractivity contribution in [2.24, 2.45) is 0 Å². The fraction of sp³-hybridized carbons (Fsp3) is 0.267. The molecule has 1 amide bonds. The summed E-state index contributed by atoms with van der Waals surface area (Å²) in [5.74, 6) is 0.687. The Labute approximate surface area is 117 Å². The third-order valence-corrected chi connectivity index (χ3v) is 3.28. The Hall–Kier alpha value is -1.74. The molecule has 0 saturated carbocycles. The molecule has 0 saturated heterocycles. The molecule has 0 aromatic heterocycles. The monoisotopic (exact) mass is 277 g/mol. The fourth-order valence-electron chi connectivity index (χ4n) is 2.14. The highest BCUT2D eigenvalue weighted by Gasteiger charge is 2.08. The zero-order chi connectivity index (χ0) is 13.7. The standard InChI is InChI=1S/C15H16ClNO2/c1-19-14-7-6-11-4-2-3-5-12(11)13(14)8-9-17-15(18)10-16/h2-7H,8-10H2,1H3,(H,17,18). The van der Waals surface area contributed by atoms with Crippen LogP contribution in [0.1, 0.15) is 5.56 Å². The molecular weight excluding hydrogens is 262 g/mol. The molecule has 0 heterocycles. The zero-order valence-electron chi connectivity index (χ0n) is 10.8. The quantitative estimate of drug-likeness (QED) is 0.854. The van der Waals surface area contributed by atoms with Crippen molar-refractivity contribution in [3.63, 3.8) is 0 Å². The van der Waals surface area contributed by atoms with E-state index >= 15 is 0 Å². The van der Waals surface area contributed by atoms with Crippen molar-refractivity contribution in [1.29, 1.82) is 0 Å². The number of carbonyl (C=O) groups excluding carboxylic acids is 1. The number of fused-ring (bicyclic) bond motifs is 1. The number of benzene rings is 2. The van der Waals surface area contributed by atoms with Crippen LogP contribution >= 0.6 is 11.6 Å². The summed E-state index contributed by atoms with van der Waals surface area (Å²) in [5, 5.41) is 5.09. The third-order valence-electron chi connectivity index (χ3n) is 3.04. The number of halogens is 1. The van der Waals surface area contributed by atoms with Crippen molar-refractivity contribution in [3.05, 3.63) is 42.0 Å². The maximum Gasteiger partial charge on any atom is 0.234 e. The Kier molecular flexibility index (Phi) is 4.63. The predicted molar refractivity (Wildman–Crippen MR) is 77.9 cm³/mol. The van der Waals surface area contributed by atoms with Gasteiger partial charge in [0.15, 0.2) is 0 Å². The molecule has 0 radical (unpaired) electrons. The van der Waals surface area contributed by atoms with Crippen LogP contribution in [-0.2, 0) is 11.2 Å². The lowest BCUT2D eigenvalue weighted by atomic mass is 10.0. The SMILES string of the molecule is COc1ccc2ccccc2c1CCNC(=O)CCl. The molecule has 0 bridgehead atoms. The van der Waals surface area contributed by atoms with Crippen LogP contribution in [0.3, 0.4) is 0 Å². The molecule has 2 aromatic rings. The van der Waals surface area contributed by atoms with Gasteiger partial charge in [0, 0.05) is 12.1 Å². The second-order valence-electron chi connectivity index (χ2n) is 4.20. The van der Waals surface area contributed by atoms with Crippen molar-refractivity contribution in [2.45, 2.75) is 6.42 Å². The van der Waals surface area contributed by atoms with Gasteiger partial charge in [0.25, 0.3) is 0 Å². The van der Waals surface area contributed by atoms with Crippen LogP contribution in [-0.4, -0.2) is 25.4 Å². The van der Waals surface area contributed by atoms with Crippen LogP contribution < -0.4 is 10.1 Å². The molecule has 2 aromatic carbocycles. The van der Waals surface area contributed by atoms with Gasteiger partial charge in [0.2, 0.25) is 5.91 Å². The van der Waals surface area contributed by atoms with E-state index in [9.17, 15) is 4.79 Å². The lowest BCUT2D eigenvalue weighted by Crippen LogP contribution is -2.26. The van der Waals surface area contributed by atoms with Crippen LogP contribution in [0.15, 0.2) is 36.4 Å². The van der Waals surface area contributed by atoms with Gasteiger partial charge in [-0.1, -0.05) is 30.3 Å². The minimum absolute atomic E-state index is 0.00727. The van der Waals surface area contributed by atoms with Gasteiger partial charge < -0.3 is 10.1 Å². The highest BCUT2D eigenvalue weighted by molar-refractivity contribution is 6.27. The number of carbonyl (C=O) groups is 1. The Morgan fingerprint density at radius 2 is 2.05 bits per heavy atom. The Morgan fingerprint density at radius 3 is 2.79 bits per heavy atom. The van der Waals surface area contributed by atoms with E-state index in [1.54, 1.807) is 7.11 Å². The largest absolute Gasteiger partial charge is 0.496 e. The summed E-state index contributed by atoms with van der Waals surface area (Å²) in [7, 11) is 1.66. The molecule has 0 spiro atoms. The van der Waals surface area contributed by atoms with Gasteiger partial charge in [-0.2, -0.15) is 0 Å². The number of rotatable bonds is 5. The molecule has 0 fully saturated rings. The molecule has 3 nitrogen and oxygen atoms in total. The van der Waals surface area contributed by atoms with Crippen molar-refractivity contribution < 1.29 is 9.53 Å². The summed E-state index contributed by atoms with van der Waals surface area (Å²) >= 11 is 5.45. The summed E-state index contributed by atoms with van der Waals surface area (Å²) in [6.07, 6.45) is 0.715. The van der Waals surface area contributed by atoms with E-state index in [2.05, 4.69) is 17.4 Å². The van der Waals surface area contributed by atoms with E-state index in [4.69, 9.17) is 16.3 Å². The number of alkyl halides is 1. The molecular formula is C15H16ClNO2. The highest BCUT2D eigenvalue weighted by Crippen LogP contribution is 2.28. The first-order valence-corrected chi connectivity index (χ1v) is 6.67. The van der Waals surface area contributed by atoms with Crippen LogP contribution in [0, 0.1) is 0 Å². The van der Waals surface area contributed by atoms with Gasteiger partial charge in [0.1, 0.15) is 11.6 Å². The molecule has 0 aliphatic rings. The molecule has 100 valence electrons. The van der Waals surface area contributed by atoms with Gasteiger partial charge in [-0.15, -0.1) is 11.6 Å². The fourth-order valence-corrected chi connectivity index (χ4v) is 2.23. The zero-order valence-corrected chi connectivity index (χ0v) is 11.5. The van der Waals surface area contributed by atoms with E-state index in [-0.39, 0.29) is 11.8 Å².